The number of anilines is 2. The molecule has 8 heteroatoms. The van der Waals surface area contributed by atoms with Gasteiger partial charge < -0.3 is 10.1 Å². The van der Waals surface area contributed by atoms with Crippen LogP contribution in [-0.2, 0) is 19.1 Å². The van der Waals surface area contributed by atoms with E-state index in [0.29, 0.717) is 22.0 Å². The van der Waals surface area contributed by atoms with Crippen LogP contribution in [0.5, 0.6) is 0 Å². The Morgan fingerprint density at radius 3 is 2.42 bits per heavy atom. The molecule has 5 rings (SSSR count). The molecule has 4 atom stereocenters. The summed E-state index contributed by atoms with van der Waals surface area (Å²) in [6.07, 6.45) is 4.91. The van der Waals surface area contributed by atoms with E-state index in [9.17, 15) is 19.2 Å². The maximum absolute atomic E-state index is 13.0. The first-order chi connectivity index (χ1) is 15.8. The van der Waals surface area contributed by atoms with E-state index < -0.39 is 18.5 Å². The molecule has 0 aromatic heterocycles. The van der Waals surface area contributed by atoms with Crippen LogP contribution in [-0.4, -0.2) is 30.3 Å². The van der Waals surface area contributed by atoms with Crippen LogP contribution in [0.2, 0.25) is 5.02 Å². The van der Waals surface area contributed by atoms with E-state index in [1.165, 1.54) is 17.0 Å². The van der Waals surface area contributed by atoms with Gasteiger partial charge in [0.1, 0.15) is 0 Å². The lowest BCUT2D eigenvalue weighted by Crippen LogP contribution is -2.33. The molecule has 2 aromatic rings. The molecule has 2 fully saturated rings. The number of nitrogens with zero attached hydrogens (tertiary/aromatic N) is 1. The number of hydrogen-bond donors (Lipinski definition) is 1. The summed E-state index contributed by atoms with van der Waals surface area (Å²) < 4.78 is 5.14. The SMILES string of the molecule is Cc1c(Cl)cccc1NC(=O)COC(=O)c1cccc(N2C(=O)[C@@H]3[C@H](C2=O)[C@H]2C=C[C@H]3C2)c1. The molecule has 1 saturated carbocycles. The fourth-order valence-corrected chi connectivity index (χ4v) is 5.25. The third-order valence-corrected chi connectivity index (χ3v) is 7.10. The molecule has 7 nitrogen and oxygen atoms in total. The van der Waals surface area contributed by atoms with Crippen molar-refractivity contribution in [1.29, 1.82) is 0 Å². The van der Waals surface area contributed by atoms with Crippen molar-refractivity contribution in [2.45, 2.75) is 13.3 Å². The first-order valence-corrected chi connectivity index (χ1v) is 11.1. The minimum absolute atomic E-state index is 0.108. The molecule has 33 heavy (non-hydrogen) atoms. The lowest BCUT2D eigenvalue weighted by molar-refractivity contribution is -0.123. The van der Waals surface area contributed by atoms with E-state index in [2.05, 4.69) is 5.32 Å². The number of fused-ring (bicyclic) bond motifs is 5. The minimum Gasteiger partial charge on any atom is -0.452 e. The fraction of sp³-hybridized carbons (Fsp3) is 0.280. The van der Waals surface area contributed by atoms with Crippen molar-refractivity contribution < 1.29 is 23.9 Å². The van der Waals surface area contributed by atoms with Crippen molar-refractivity contribution in [2.24, 2.45) is 23.7 Å². The number of carbonyl (C=O) groups excluding carboxylic acids is 4. The summed E-state index contributed by atoms with van der Waals surface area (Å²) in [6.45, 7) is 1.28. The van der Waals surface area contributed by atoms with Gasteiger partial charge >= 0.3 is 5.97 Å². The van der Waals surface area contributed by atoms with E-state index in [0.717, 1.165) is 6.42 Å². The number of hydrogen-bond acceptors (Lipinski definition) is 5. The molecule has 0 spiro atoms. The number of halogens is 1. The van der Waals surface area contributed by atoms with Crippen LogP contribution >= 0.6 is 11.6 Å². The maximum atomic E-state index is 13.0. The highest BCUT2D eigenvalue weighted by molar-refractivity contribution is 6.31. The van der Waals surface area contributed by atoms with Gasteiger partial charge in [0.15, 0.2) is 6.61 Å². The predicted octanol–water partition coefficient (Wildman–Crippen LogP) is 3.76. The number of rotatable bonds is 5. The second-order valence-electron chi connectivity index (χ2n) is 8.60. The monoisotopic (exact) mass is 464 g/mol. The van der Waals surface area contributed by atoms with E-state index in [4.69, 9.17) is 16.3 Å². The summed E-state index contributed by atoms with van der Waals surface area (Å²) in [7, 11) is 0. The highest BCUT2D eigenvalue weighted by atomic mass is 35.5. The van der Waals surface area contributed by atoms with Crippen LogP contribution < -0.4 is 10.2 Å². The van der Waals surface area contributed by atoms with Crippen molar-refractivity contribution in [3.63, 3.8) is 0 Å². The highest BCUT2D eigenvalue weighted by Crippen LogP contribution is 2.53. The third kappa shape index (κ3) is 3.62. The van der Waals surface area contributed by atoms with Crippen molar-refractivity contribution in [3.05, 3.63) is 70.8 Å². The molecule has 1 saturated heterocycles. The summed E-state index contributed by atoms with van der Waals surface area (Å²) in [6, 6.07) is 11.3. The Morgan fingerprint density at radius 1 is 1.06 bits per heavy atom. The summed E-state index contributed by atoms with van der Waals surface area (Å²) >= 11 is 6.05. The first-order valence-electron chi connectivity index (χ1n) is 10.7. The second kappa shape index (κ2) is 8.15. The predicted molar refractivity (Wildman–Crippen MR) is 122 cm³/mol. The zero-order valence-electron chi connectivity index (χ0n) is 17.8. The summed E-state index contributed by atoms with van der Waals surface area (Å²) in [5, 5.41) is 3.17. The molecular formula is C25H21ClN2O5. The van der Waals surface area contributed by atoms with Crippen LogP contribution in [0, 0.1) is 30.6 Å². The number of carbonyl (C=O) groups is 4. The van der Waals surface area contributed by atoms with E-state index >= 15 is 0 Å². The van der Waals surface area contributed by atoms with Gasteiger partial charge in [-0.15, -0.1) is 0 Å². The Kier molecular flexibility index (Phi) is 5.29. The third-order valence-electron chi connectivity index (χ3n) is 6.69. The number of imide groups is 1. The molecule has 0 radical (unpaired) electrons. The lowest BCUT2D eigenvalue weighted by atomic mass is 9.85. The van der Waals surface area contributed by atoms with Crippen LogP contribution in [0.4, 0.5) is 11.4 Å². The Balaban J connectivity index is 1.25. The van der Waals surface area contributed by atoms with Crippen molar-refractivity contribution >= 4 is 46.7 Å². The molecule has 2 bridgehead atoms. The van der Waals surface area contributed by atoms with Gasteiger partial charge in [-0.25, -0.2) is 9.69 Å². The summed E-state index contributed by atoms with van der Waals surface area (Å²) in [4.78, 5) is 51.9. The Labute approximate surface area is 195 Å². The molecule has 0 unspecified atom stereocenters. The van der Waals surface area contributed by atoms with Crippen LogP contribution in [0.3, 0.4) is 0 Å². The number of ether oxygens (including phenoxy) is 1. The van der Waals surface area contributed by atoms with Crippen LogP contribution in [0.25, 0.3) is 0 Å². The molecule has 2 aromatic carbocycles. The molecule has 1 heterocycles. The first kappa shape index (κ1) is 21.4. The van der Waals surface area contributed by atoms with E-state index in [1.807, 2.05) is 12.2 Å². The van der Waals surface area contributed by atoms with E-state index in [-0.39, 0.29) is 41.0 Å². The fourth-order valence-electron chi connectivity index (χ4n) is 5.07. The average molecular weight is 465 g/mol. The molecule has 3 amide bonds. The number of amides is 3. The molecule has 1 aliphatic heterocycles. The number of benzene rings is 2. The van der Waals surface area contributed by atoms with E-state index in [1.54, 1.807) is 37.3 Å². The van der Waals surface area contributed by atoms with Gasteiger partial charge in [0.2, 0.25) is 11.8 Å². The quantitative estimate of drug-likeness (QED) is 0.413. The van der Waals surface area contributed by atoms with Gasteiger partial charge in [-0.1, -0.05) is 35.9 Å². The largest absolute Gasteiger partial charge is 0.452 e. The molecule has 2 aliphatic carbocycles. The normalized spacial score (nSPS) is 24.8. The number of nitrogens with one attached hydrogen (secondary N) is 1. The van der Waals surface area contributed by atoms with Gasteiger partial charge in [0.05, 0.1) is 23.1 Å². The van der Waals surface area contributed by atoms with Gasteiger partial charge in [-0.3, -0.25) is 14.4 Å². The average Bonchev–Trinajstić information content (AvgIpc) is 3.49. The molecular weight excluding hydrogens is 444 g/mol. The second-order valence-corrected chi connectivity index (χ2v) is 9.01. The van der Waals surface area contributed by atoms with Crippen molar-refractivity contribution in [3.8, 4) is 0 Å². The smallest absolute Gasteiger partial charge is 0.338 e. The molecule has 3 aliphatic rings. The maximum Gasteiger partial charge on any atom is 0.338 e. The zero-order valence-corrected chi connectivity index (χ0v) is 18.5. The number of esters is 1. The Bertz CT molecular complexity index is 1190. The Hall–Kier alpha value is -3.45. The zero-order chi connectivity index (χ0) is 23.3. The lowest BCUT2D eigenvalue weighted by Gasteiger charge is -2.18. The standard InChI is InChI=1S/C25H21ClN2O5/c1-13-18(26)6-3-7-19(13)27-20(29)12-33-25(32)16-4-2-5-17(11-16)28-23(30)21-14-8-9-15(10-14)22(21)24(28)31/h2-9,11,14-15,21-22H,10,12H2,1H3,(H,27,29)/t14-,15-,21-,22+/m0/s1. The van der Waals surface area contributed by atoms with Crippen molar-refractivity contribution in [2.75, 3.05) is 16.8 Å². The Morgan fingerprint density at radius 2 is 1.73 bits per heavy atom. The number of allylic oxidation sites excluding steroid dienone is 2. The van der Waals surface area contributed by atoms with Crippen LogP contribution in [0.1, 0.15) is 22.3 Å². The highest BCUT2D eigenvalue weighted by Gasteiger charge is 2.59. The summed E-state index contributed by atoms with van der Waals surface area (Å²) in [5.41, 5.74) is 1.73. The molecule has 1 N–H and O–H groups in total. The van der Waals surface area contributed by atoms with Gasteiger partial charge in [-0.05, 0) is 61.1 Å². The van der Waals surface area contributed by atoms with Gasteiger partial charge in [0.25, 0.3) is 5.91 Å². The minimum atomic E-state index is -0.726. The molecule has 168 valence electrons. The van der Waals surface area contributed by atoms with Crippen LogP contribution in [0.15, 0.2) is 54.6 Å². The van der Waals surface area contributed by atoms with Gasteiger partial charge in [0, 0.05) is 10.7 Å². The summed E-state index contributed by atoms with van der Waals surface area (Å²) in [5.74, 6) is -2.09. The topological polar surface area (TPSA) is 92.8 Å². The van der Waals surface area contributed by atoms with Gasteiger partial charge in [-0.2, -0.15) is 0 Å². The van der Waals surface area contributed by atoms with Crippen molar-refractivity contribution in [1.82, 2.24) is 0 Å².